The molecule has 0 saturated carbocycles. The van der Waals surface area contributed by atoms with Crippen LogP contribution in [0.5, 0.6) is 0 Å². The first-order chi connectivity index (χ1) is 31.0. The topological polar surface area (TPSA) is 0 Å². The van der Waals surface area contributed by atoms with E-state index in [1.54, 1.807) is 0 Å². The Labute approximate surface area is 372 Å². The lowest BCUT2D eigenvalue weighted by molar-refractivity contribution is 0.794. The summed E-state index contributed by atoms with van der Waals surface area (Å²) in [5.74, 6) is 0. The summed E-state index contributed by atoms with van der Waals surface area (Å²) in [6.45, 7) is 6.43. The van der Waals surface area contributed by atoms with Crippen LogP contribution in [0.25, 0.3) is 66.4 Å². The summed E-state index contributed by atoms with van der Waals surface area (Å²) in [7, 11) is 0. The molecule has 302 valence electrons. The van der Waals surface area contributed by atoms with Gasteiger partial charge in [-0.1, -0.05) is 249 Å². The van der Waals surface area contributed by atoms with Crippen molar-refractivity contribution >= 4 is 10.8 Å². The highest BCUT2D eigenvalue weighted by Crippen LogP contribution is 2.63. The van der Waals surface area contributed by atoms with Gasteiger partial charge in [-0.3, -0.25) is 0 Å². The Morgan fingerprint density at radius 1 is 0.317 bits per heavy atom. The van der Waals surface area contributed by atoms with E-state index in [2.05, 4.69) is 245 Å². The number of hydrogen-bond donors (Lipinski definition) is 0. The molecule has 12 rings (SSSR count). The zero-order valence-corrected chi connectivity index (χ0v) is 36.2. The highest BCUT2D eigenvalue weighted by atomic mass is 14.5. The largest absolute Gasteiger partial charge is 0.0725 e. The Balaban J connectivity index is 0.000000184. The molecule has 0 heteroatoms. The Kier molecular flexibility index (Phi) is 10.7. The van der Waals surface area contributed by atoms with Crippen molar-refractivity contribution in [3.05, 3.63) is 276 Å². The second kappa shape index (κ2) is 17.1. The van der Waals surface area contributed by atoms with E-state index >= 15 is 0 Å². The fourth-order valence-electron chi connectivity index (χ4n) is 9.97. The Morgan fingerprint density at radius 3 is 1.43 bits per heavy atom. The third-order valence-electron chi connectivity index (χ3n) is 13.0. The molecule has 0 amide bonds. The van der Waals surface area contributed by atoms with Crippen LogP contribution < -0.4 is 0 Å². The average molecular weight is 807 g/mol. The molecule has 0 N–H and O–H groups in total. The van der Waals surface area contributed by atoms with E-state index in [0.29, 0.717) is 0 Å². The minimum atomic E-state index is -0.337. The number of benzene rings is 10. The molecule has 0 fully saturated rings. The molecule has 0 atom stereocenters. The SMILES string of the molecule is CCc1ccccc1.Cc1ccc(-c2c(-c3ccc4c(c3)C3(c5ccccc5-c5ccccc53)c3ccccc3-4)ccc3ccccc23)cc1.Cc1cccc(-c2ccccc2)c1. The van der Waals surface area contributed by atoms with Gasteiger partial charge in [0.25, 0.3) is 0 Å². The van der Waals surface area contributed by atoms with E-state index in [4.69, 9.17) is 0 Å². The summed E-state index contributed by atoms with van der Waals surface area (Å²) >= 11 is 0. The van der Waals surface area contributed by atoms with Gasteiger partial charge in [-0.05, 0) is 121 Å². The fraction of sp³-hybridized carbons (Fsp3) is 0.0794. The molecule has 0 unspecified atom stereocenters. The minimum absolute atomic E-state index is 0.337. The van der Waals surface area contributed by atoms with Crippen LogP contribution in [0.4, 0.5) is 0 Å². The normalized spacial score (nSPS) is 12.2. The van der Waals surface area contributed by atoms with Gasteiger partial charge in [0.15, 0.2) is 0 Å². The van der Waals surface area contributed by atoms with Gasteiger partial charge in [0.05, 0.1) is 5.41 Å². The first-order valence-corrected chi connectivity index (χ1v) is 22.2. The van der Waals surface area contributed by atoms with Gasteiger partial charge in [-0.15, -0.1) is 0 Å². The van der Waals surface area contributed by atoms with Crippen LogP contribution in [-0.2, 0) is 11.8 Å². The number of rotatable bonds is 4. The van der Waals surface area contributed by atoms with Crippen molar-refractivity contribution in [3.8, 4) is 55.6 Å². The molecule has 10 aromatic carbocycles. The van der Waals surface area contributed by atoms with Crippen LogP contribution >= 0.6 is 0 Å². The van der Waals surface area contributed by atoms with Crippen molar-refractivity contribution in [1.29, 1.82) is 0 Å². The third kappa shape index (κ3) is 7.18. The first kappa shape index (κ1) is 39.6. The summed E-state index contributed by atoms with van der Waals surface area (Å²) in [4.78, 5) is 0. The van der Waals surface area contributed by atoms with Crippen LogP contribution in [0.2, 0.25) is 0 Å². The standard InChI is InChI=1S/C42H28.C13H12.C8H10/c1-27-18-20-29(21-19-27)41-31-11-3-2-10-28(31)22-24-32(41)30-23-25-36-35-14-6-9-17-39(35)42(40(36)26-30)37-15-7-4-12-33(37)34-13-5-8-16-38(34)42;1-11-6-5-9-13(10-11)12-7-3-2-4-8-12;1-2-8-6-4-3-5-7-8/h2-26H,1H3;2-10H,1H3;3-7H,2H2,1H3. The molecule has 2 aliphatic carbocycles. The van der Waals surface area contributed by atoms with E-state index in [-0.39, 0.29) is 5.41 Å². The van der Waals surface area contributed by atoms with Crippen molar-refractivity contribution < 1.29 is 0 Å². The fourth-order valence-corrected chi connectivity index (χ4v) is 9.97. The summed E-state index contributed by atoms with van der Waals surface area (Å²) < 4.78 is 0. The predicted octanol–water partition coefficient (Wildman–Crippen LogP) is 16.7. The maximum Gasteiger partial charge on any atom is 0.0725 e. The molecular formula is C63H50. The van der Waals surface area contributed by atoms with Gasteiger partial charge < -0.3 is 0 Å². The summed E-state index contributed by atoms with van der Waals surface area (Å²) in [6.07, 6.45) is 1.14. The van der Waals surface area contributed by atoms with Gasteiger partial charge in [0.1, 0.15) is 0 Å². The van der Waals surface area contributed by atoms with Crippen LogP contribution in [0.15, 0.2) is 237 Å². The van der Waals surface area contributed by atoms with E-state index in [1.807, 2.05) is 12.1 Å². The highest BCUT2D eigenvalue weighted by Gasteiger charge is 2.51. The minimum Gasteiger partial charge on any atom is -0.0622 e. The molecular weight excluding hydrogens is 757 g/mol. The maximum absolute atomic E-state index is 2.50. The van der Waals surface area contributed by atoms with E-state index in [0.717, 1.165) is 6.42 Å². The second-order valence-corrected chi connectivity index (χ2v) is 16.8. The smallest absolute Gasteiger partial charge is 0.0622 e. The molecule has 2 aliphatic rings. The molecule has 0 nitrogen and oxygen atoms in total. The van der Waals surface area contributed by atoms with Gasteiger partial charge in [0, 0.05) is 0 Å². The van der Waals surface area contributed by atoms with Crippen molar-refractivity contribution in [1.82, 2.24) is 0 Å². The lowest BCUT2D eigenvalue weighted by Gasteiger charge is -2.30. The summed E-state index contributed by atoms with van der Waals surface area (Å²) in [6, 6.07) is 86.1. The Hall–Kier alpha value is -7.54. The molecule has 63 heavy (non-hydrogen) atoms. The van der Waals surface area contributed by atoms with E-state index in [9.17, 15) is 0 Å². The monoisotopic (exact) mass is 806 g/mol. The van der Waals surface area contributed by atoms with Gasteiger partial charge in [-0.25, -0.2) is 0 Å². The number of aryl methyl sites for hydroxylation is 3. The molecule has 0 bridgehead atoms. The molecule has 1 spiro atoms. The lowest BCUT2D eigenvalue weighted by Crippen LogP contribution is -2.25. The van der Waals surface area contributed by atoms with Gasteiger partial charge in [0.2, 0.25) is 0 Å². The molecule has 0 aromatic heterocycles. The lowest BCUT2D eigenvalue weighted by atomic mass is 9.70. The van der Waals surface area contributed by atoms with Crippen LogP contribution in [0, 0.1) is 13.8 Å². The average Bonchev–Trinajstić information content (AvgIpc) is 3.82. The second-order valence-electron chi connectivity index (χ2n) is 16.8. The zero-order chi connectivity index (χ0) is 42.8. The highest BCUT2D eigenvalue weighted by molar-refractivity contribution is 6.05. The van der Waals surface area contributed by atoms with Crippen molar-refractivity contribution in [2.75, 3.05) is 0 Å². The van der Waals surface area contributed by atoms with Crippen molar-refractivity contribution in [3.63, 3.8) is 0 Å². The van der Waals surface area contributed by atoms with E-state index in [1.165, 1.54) is 105 Å². The molecule has 0 radical (unpaired) electrons. The molecule has 0 heterocycles. The zero-order valence-electron chi connectivity index (χ0n) is 36.2. The Bertz CT molecular complexity index is 3140. The maximum atomic E-state index is 2.50. The Morgan fingerprint density at radius 2 is 0.825 bits per heavy atom. The number of hydrogen-bond acceptors (Lipinski definition) is 0. The summed E-state index contributed by atoms with van der Waals surface area (Å²) in [5.41, 5.74) is 22.2. The van der Waals surface area contributed by atoms with Crippen LogP contribution in [0.3, 0.4) is 0 Å². The number of fused-ring (bicyclic) bond motifs is 11. The van der Waals surface area contributed by atoms with Gasteiger partial charge >= 0.3 is 0 Å². The first-order valence-electron chi connectivity index (χ1n) is 22.2. The molecule has 0 saturated heterocycles. The van der Waals surface area contributed by atoms with Crippen molar-refractivity contribution in [2.24, 2.45) is 0 Å². The summed E-state index contributed by atoms with van der Waals surface area (Å²) in [5, 5.41) is 2.55. The quantitative estimate of drug-likeness (QED) is 0.166. The molecule has 0 aliphatic heterocycles. The third-order valence-corrected chi connectivity index (χ3v) is 13.0. The molecule has 10 aromatic rings. The van der Waals surface area contributed by atoms with Crippen LogP contribution in [-0.4, -0.2) is 0 Å². The predicted molar refractivity (Wildman–Crippen MR) is 268 cm³/mol. The van der Waals surface area contributed by atoms with Crippen LogP contribution in [0.1, 0.15) is 45.9 Å². The van der Waals surface area contributed by atoms with Gasteiger partial charge in [-0.2, -0.15) is 0 Å². The van der Waals surface area contributed by atoms with Crippen molar-refractivity contribution in [2.45, 2.75) is 32.6 Å². The van der Waals surface area contributed by atoms with E-state index < -0.39 is 0 Å².